The number of nitrogens with one attached hydrogen (secondary N) is 1. The van der Waals surface area contributed by atoms with Crippen LogP contribution in [-0.2, 0) is 14.0 Å². The fourth-order valence-electron chi connectivity index (χ4n) is 5.29. The number of anilines is 1. The van der Waals surface area contributed by atoms with Crippen LogP contribution in [0.3, 0.4) is 0 Å². The molecule has 8 heteroatoms. The highest BCUT2D eigenvalue weighted by Crippen LogP contribution is 2.36. The molecule has 5 rings (SSSR count). The van der Waals surface area contributed by atoms with Gasteiger partial charge in [0.25, 0.3) is 0 Å². The summed E-state index contributed by atoms with van der Waals surface area (Å²) in [4.78, 5) is 12.0. The van der Waals surface area contributed by atoms with Crippen molar-refractivity contribution < 1.29 is 14.0 Å². The summed E-state index contributed by atoms with van der Waals surface area (Å²) in [6.45, 7) is 10.5. The monoisotopic (exact) mass is 452 g/mol. The molecule has 0 spiro atoms. The summed E-state index contributed by atoms with van der Waals surface area (Å²) in [5, 5.41) is 4.58. The van der Waals surface area contributed by atoms with E-state index in [9.17, 15) is 0 Å². The van der Waals surface area contributed by atoms with E-state index in [2.05, 4.69) is 55.0 Å². The minimum Gasteiger partial charge on any atom is -0.399 e. The van der Waals surface area contributed by atoms with E-state index in [0.29, 0.717) is 18.2 Å². The van der Waals surface area contributed by atoms with Gasteiger partial charge in [0.05, 0.1) is 22.8 Å². The van der Waals surface area contributed by atoms with Crippen molar-refractivity contribution in [3.63, 3.8) is 0 Å². The first kappa shape index (κ1) is 23.0. The van der Waals surface area contributed by atoms with Crippen LogP contribution in [0.25, 0.3) is 10.9 Å². The van der Waals surface area contributed by atoms with Crippen LogP contribution in [0.15, 0.2) is 24.4 Å². The molecule has 7 nitrogen and oxygen atoms in total. The molecule has 1 unspecified atom stereocenters. The third-order valence-corrected chi connectivity index (χ3v) is 8.19. The van der Waals surface area contributed by atoms with E-state index in [0.717, 1.165) is 48.1 Å². The molecule has 3 heterocycles. The number of likely N-dealkylation sites (tertiary alicyclic amines) is 1. The van der Waals surface area contributed by atoms with Crippen LogP contribution in [0.5, 0.6) is 0 Å². The van der Waals surface area contributed by atoms with Crippen molar-refractivity contribution >= 4 is 29.4 Å². The Kier molecular flexibility index (Phi) is 6.14. The highest BCUT2D eigenvalue weighted by atomic mass is 16.7. The van der Waals surface area contributed by atoms with E-state index in [1.54, 1.807) is 0 Å². The summed E-state index contributed by atoms with van der Waals surface area (Å²) in [6.07, 6.45) is 8.23. The molecule has 33 heavy (non-hydrogen) atoms. The zero-order valence-corrected chi connectivity index (χ0v) is 20.6. The lowest BCUT2D eigenvalue weighted by molar-refractivity contribution is 0.00578. The molecule has 1 aromatic carbocycles. The van der Waals surface area contributed by atoms with Crippen LogP contribution in [0, 0.1) is 0 Å². The average Bonchev–Trinajstić information content (AvgIpc) is 3.35. The van der Waals surface area contributed by atoms with E-state index in [-0.39, 0.29) is 18.3 Å². The maximum atomic E-state index is 6.20. The Hall–Kier alpha value is -1.74. The Labute approximate surface area is 197 Å². The van der Waals surface area contributed by atoms with Gasteiger partial charge >= 0.3 is 7.12 Å². The molecule has 3 fully saturated rings. The van der Waals surface area contributed by atoms with E-state index in [4.69, 9.17) is 19.0 Å². The molecule has 1 aromatic heterocycles. The highest BCUT2D eigenvalue weighted by Gasteiger charge is 2.51. The van der Waals surface area contributed by atoms with Crippen molar-refractivity contribution in [2.24, 2.45) is 0 Å². The molecule has 2 saturated heterocycles. The van der Waals surface area contributed by atoms with Crippen LogP contribution in [0.1, 0.15) is 59.8 Å². The fourth-order valence-corrected chi connectivity index (χ4v) is 5.29. The molecule has 2 aromatic rings. The maximum absolute atomic E-state index is 6.20. The molecule has 0 amide bonds. The molecule has 1 aliphatic carbocycles. The predicted molar refractivity (Wildman–Crippen MR) is 132 cm³/mol. The van der Waals surface area contributed by atoms with Crippen molar-refractivity contribution in [2.45, 2.75) is 89.2 Å². The normalized spacial score (nSPS) is 29.6. The molecule has 1 saturated carbocycles. The summed E-state index contributed by atoms with van der Waals surface area (Å²) in [6, 6.07) is 7.29. The van der Waals surface area contributed by atoms with Crippen molar-refractivity contribution in [2.75, 3.05) is 25.5 Å². The number of rotatable bonds is 5. The van der Waals surface area contributed by atoms with E-state index >= 15 is 0 Å². The summed E-state index contributed by atoms with van der Waals surface area (Å²) in [5.74, 6) is 0.718. The minimum atomic E-state index is -0.373. The van der Waals surface area contributed by atoms with E-state index in [1.807, 2.05) is 19.4 Å². The molecule has 1 atom stereocenters. The van der Waals surface area contributed by atoms with Crippen molar-refractivity contribution in [3.05, 3.63) is 24.4 Å². The zero-order valence-electron chi connectivity index (χ0n) is 20.6. The summed E-state index contributed by atoms with van der Waals surface area (Å²) >= 11 is 0. The first-order valence-corrected chi connectivity index (χ1v) is 12.4. The third kappa shape index (κ3) is 4.63. The van der Waals surface area contributed by atoms with Gasteiger partial charge in [0.2, 0.25) is 5.95 Å². The first-order valence-electron chi connectivity index (χ1n) is 12.4. The lowest BCUT2D eigenvalue weighted by Gasteiger charge is -2.34. The van der Waals surface area contributed by atoms with Gasteiger partial charge in [0.15, 0.2) is 0 Å². The molecule has 178 valence electrons. The number of hydrogen-bond donors (Lipinski definition) is 1. The van der Waals surface area contributed by atoms with Crippen LogP contribution in [-0.4, -0.2) is 71.6 Å². The van der Waals surface area contributed by atoms with Gasteiger partial charge in [0, 0.05) is 43.9 Å². The predicted octanol–water partition coefficient (Wildman–Crippen LogP) is 3.37. The van der Waals surface area contributed by atoms with Gasteiger partial charge in [0.1, 0.15) is 0 Å². The van der Waals surface area contributed by atoms with Gasteiger partial charge in [-0.25, -0.2) is 9.97 Å². The molecular formula is C25H37BN4O3. The number of methoxy groups -OCH3 is 1. The smallest absolute Gasteiger partial charge is 0.399 e. The first-order chi connectivity index (χ1) is 15.7. The zero-order chi connectivity index (χ0) is 23.2. The lowest BCUT2D eigenvalue weighted by Crippen LogP contribution is -2.41. The second kappa shape index (κ2) is 8.80. The number of ether oxygens (including phenoxy) is 1. The van der Waals surface area contributed by atoms with Gasteiger partial charge in [-0.3, -0.25) is 4.90 Å². The summed E-state index contributed by atoms with van der Waals surface area (Å²) in [5.41, 5.74) is 1.23. The van der Waals surface area contributed by atoms with E-state index < -0.39 is 0 Å². The van der Waals surface area contributed by atoms with Crippen LogP contribution >= 0.6 is 0 Å². The number of aromatic nitrogens is 2. The Balaban J connectivity index is 1.20. The van der Waals surface area contributed by atoms with Crippen LogP contribution < -0.4 is 10.8 Å². The van der Waals surface area contributed by atoms with Crippen LogP contribution in [0.4, 0.5) is 5.95 Å². The van der Waals surface area contributed by atoms with Gasteiger partial charge in [-0.05, 0) is 71.3 Å². The maximum Gasteiger partial charge on any atom is 0.494 e. The molecule has 0 radical (unpaired) electrons. The second-order valence-corrected chi connectivity index (χ2v) is 10.9. The number of nitrogens with zero attached hydrogens (tertiary/aromatic N) is 3. The van der Waals surface area contributed by atoms with Gasteiger partial charge in [-0.1, -0.05) is 12.1 Å². The van der Waals surface area contributed by atoms with Crippen molar-refractivity contribution in [1.82, 2.24) is 14.9 Å². The third-order valence-electron chi connectivity index (χ3n) is 8.19. The Bertz CT molecular complexity index is 977. The fraction of sp³-hybridized carbons (Fsp3) is 0.680. The van der Waals surface area contributed by atoms with Gasteiger partial charge in [-0.15, -0.1) is 0 Å². The topological polar surface area (TPSA) is 68.7 Å². The van der Waals surface area contributed by atoms with Crippen molar-refractivity contribution in [1.29, 1.82) is 0 Å². The lowest BCUT2D eigenvalue weighted by atomic mass is 9.78. The summed E-state index contributed by atoms with van der Waals surface area (Å²) in [7, 11) is 1.46. The molecule has 1 N–H and O–H groups in total. The number of benzene rings is 1. The minimum absolute atomic E-state index is 0.351. The number of hydrogen-bond acceptors (Lipinski definition) is 7. The average molecular weight is 452 g/mol. The van der Waals surface area contributed by atoms with Gasteiger partial charge in [-0.2, -0.15) is 0 Å². The molecule has 2 aliphatic heterocycles. The van der Waals surface area contributed by atoms with Crippen molar-refractivity contribution in [3.8, 4) is 0 Å². The standard InChI is InChI=1S/C25H37BN4O3/c1-24(2)25(3,4)33-26(32-24)18-6-11-22-17(14-18)15-27-23(29-22)28-19-7-9-20(10-8-19)30-13-12-21(16-30)31-5/h6,11,14-15,19-21H,7-10,12-13,16H2,1-5H3,(H,27,28,29). The SMILES string of the molecule is COC1CCN(C2CCC(Nc3ncc4cc(B5OC(C)(C)C(C)(C)O5)ccc4n3)CC2)C1. The quantitative estimate of drug-likeness (QED) is 0.698. The largest absolute Gasteiger partial charge is 0.494 e. The summed E-state index contributed by atoms with van der Waals surface area (Å²) < 4.78 is 17.9. The second-order valence-electron chi connectivity index (χ2n) is 10.9. The molecule has 3 aliphatic rings. The molecular weight excluding hydrogens is 415 g/mol. The molecule has 0 bridgehead atoms. The highest BCUT2D eigenvalue weighted by molar-refractivity contribution is 6.62. The Morgan fingerprint density at radius 3 is 2.45 bits per heavy atom. The van der Waals surface area contributed by atoms with E-state index in [1.165, 1.54) is 19.4 Å². The Morgan fingerprint density at radius 1 is 1.06 bits per heavy atom. The Morgan fingerprint density at radius 2 is 1.79 bits per heavy atom. The number of fused-ring (bicyclic) bond motifs is 1. The van der Waals surface area contributed by atoms with Crippen LogP contribution in [0.2, 0.25) is 0 Å². The van der Waals surface area contributed by atoms with Gasteiger partial charge < -0.3 is 19.4 Å².